The van der Waals surface area contributed by atoms with Gasteiger partial charge in [-0.25, -0.2) is 4.98 Å². The highest BCUT2D eigenvalue weighted by atomic mass is 16.5. The normalized spacial score (nSPS) is 15.8. The Bertz CT molecular complexity index is 490. The number of nitrogens with zero attached hydrogens (tertiary/aromatic N) is 2. The van der Waals surface area contributed by atoms with Crippen LogP contribution < -0.4 is 4.74 Å². The first kappa shape index (κ1) is 8.67. The second kappa shape index (κ2) is 3.20. The molecule has 15 heavy (non-hydrogen) atoms. The summed E-state index contributed by atoms with van der Waals surface area (Å²) in [5, 5.41) is 16.7. The van der Waals surface area contributed by atoms with Crippen molar-refractivity contribution in [3.8, 4) is 5.88 Å². The van der Waals surface area contributed by atoms with Crippen LogP contribution >= 0.6 is 0 Å². The predicted octanol–water partition coefficient (Wildman–Crippen LogP) is 0.991. The van der Waals surface area contributed by atoms with Crippen molar-refractivity contribution in [3.05, 3.63) is 18.0 Å². The molecule has 0 spiro atoms. The Kier molecular flexibility index (Phi) is 1.85. The molecule has 1 saturated carbocycles. The number of fused-ring (bicyclic) bond motifs is 1. The van der Waals surface area contributed by atoms with Crippen molar-refractivity contribution in [2.45, 2.75) is 25.6 Å². The van der Waals surface area contributed by atoms with Gasteiger partial charge in [0.1, 0.15) is 6.10 Å². The summed E-state index contributed by atoms with van der Waals surface area (Å²) in [4.78, 5) is 4.19. The molecule has 1 fully saturated rings. The summed E-state index contributed by atoms with van der Waals surface area (Å²) in [6, 6.07) is 0. The van der Waals surface area contributed by atoms with E-state index in [1.54, 1.807) is 12.4 Å². The van der Waals surface area contributed by atoms with Crippen LogP contribution in [0, 0.1) is 0 Å². The Labute approximate surface area is 86.1 Å². The minimum absolute atomic E-state index is 0.0462. The number of aliphatic hydroxyl groups is 1. The molecule has 2 aromatic heterocycles. The Morgan fingerprint density at radius 2 is 2.33 bits per heavy atom. The maximum atomic E-state index is 9.11. The molecule has 2 heterocycles. The van der Waals surface area contributed by atoms with Gasteiger partial charge in [-0.1, -0.05) is 0 Å². The van der Waals surface area contributed by atoms with Crippen molar-refractivity contribution < 1.29 is 9.84 Å². The van der Waals surface area contributed by atoms with Gasteiger partial charge < -0.3 is 9.84 Å². The molecule has 0 radical (unpaired) electrons. The van der Waals surface area contributed by atoms with Crippen LogP contribution in [0.25, 0.3) is 10.9 Å². The minimum Gasteiger partial charge on any atom is -0.474 e. The second-order valence-corrected chi connectivity index (χ2v) is 3.72. The highest BCUT2D eigenvalue weighted by Gasteiger charge is 2.25. The van der Waals surface area contributed by atoms with Crippen molar-refractivity contribution in [2.24, 2.45) is 0 Å². The fraction of sp³-hybridized carbons (Fsp3) is 0.400. The molecule has 1 aliphatic rings. The van der Waals surface area contributed by atoms with Crippen LogP contribution in [0.15, 0.2) is 12.4 Å². The standard InChI is InChI=1S/C10H11N3O2/c14-5-6-3-11-10(15-7-1-2-7)8-4-12-13-9(6)8/h3-4,7,14H,1-2,5H2,(H,12,13). The Morgan fingerprint density at radius 3 is 3.07 bits per heavy atom. The lowest BCUT2D eigenvalue weighted by Gasteiger charge is -2.05. The molecule has 2 aromatic rings. The molecule has 0 amide bonds. The lowest BCUT2D eigenvalue weighted by atomic mass is 10.2. The summed E-state index contributed by atoms with van der Waals surface area (Å²) in [6.07, 6.45) is 5.82. The number of H-pyrrole nitrogens is 1. The van der Waals surface area contributed by atoms with E-state index in [1.807, 2.05) is 0 Å². The van der Waals surface area contributed by atoms with Gasteiger partial charge in [0.15, 0.2) is 0 Å². The number of nitrogens with one attached hydrogen (secondary N) is 1. The number of rotatable bonds is 3. The smallest absolute Gasteiger partial charge is 0.224 e. The van der Waals surface area contributed by atoms with Crippen molar-refractivity contribution >= 4 is 10.9 Å². The van der Waals surface area contributed by atoms with Crippen LogP contribution in [-0.2, 0) is 6.61 Å². The van der Waals surface area contributed by atoms with E-state index in [0.717, 1.165) is 29.3 Å². The number of ether oxygens (including phenoxy) is 1. The molecule has 0 bridgehead atoms. The molecule has 0 aliphatic heterocycles. The first-order valence-corrected chi connectivity index (χ1v) is 4.97. The maximum absolute atomic E-state index is 9.11. The van der Waals surface area contributed by atoms with Gasteiger partial charge in [-0.2, -0.15) is 5.10 Å². The lowest BCUT2D eigenvalue weighted by Crippen LogP contribution is -1.99. The molecule has 0 atom stereocenters. The van der Waals surface area contributed by atoms with Crippen LogP contribution in [-0.4, -0.2) is 26.4 Å². The third-order valence-corrected chi connectivity index (χ3v) is 2.50. The number of aromatic nitrogens is 3. The van der Waals surface area contributed by atoms with Crippen LogP contribution in [0.5, 0.6) is 5.88 Å². The van der Waals surface area contributed by atoms with Gasteiger partial charge in [0.05, 0.1) is 23.7 Å². The Balaban J connectivity index is 2.09. The fourth-order valence-corrected chi connectivity index (χ4v) is 1.52. The first-order valence-electron chi connectivity index (χ1n) is 4.97. The number of hydrogen-bond acceptors (Lipinski definition) is 4. The van der Waals surface area contributed by atoms with Crippen molar-refractivity contribution in [1.82, 2.24) is 15.2 Å². The summed E-state index contributed by atoms with van der Waals surface area (Å²) in [6.45, 7) is -0.0462. The van der Waals surface area contributed by atoms with Crippen molar-refractivity contribution in [3.63, 3.8) is 0 Å². The number of aliphatic hydroxyl groups excluding tert-OH is 1. The first-order chi connectivity index (χ1) is 7.38. The van der Waals surface area contributed by atoms with E-state index in [4.69, 9.17) is 9.84 Å². The van der Waals surface area contributed by atoms with Crippen LogP contribution in [0.1, 0.15) is 18.4 Å². The van der Waals surface area contributed by atoms with Gasteiger partial charge in [0, 0.05) is 11.8 Å². The quantitative estimate of drug-likeness (QED) is 0.783. The molecule has 5 nitrogen and oxygen atoms in total. The average molecular weight is 205 g/mol. The zero-order chi connectivity index (χ0) is 10.3. The van der Waals surface area contributed by atoms with Gasteiger partial charge in [-0.05, 0) is 12.8 Å². The summed E-state index contributed by atoms with van der Waals surface area (Å²) < 4.78 is 5.64. The van der Waals surface area contributed by atoms with Crippen LogP contribution in [0.4, 0.5) is 0 Å². The zero-order valence-corrected chi connectivity index (χ0v) is 8.10. The van der Waals surface area contributed by atoms with Gasteiger partial charge in [0.25, 0.3) is 0 Å². The number of aromatic amines is 1. The van der Waals surface area contributed by atoms with E-state index in [-0.39, 0.29) is 6.61 Å². The summed E-state index contributed by atoms with van der Waals surface area (Å²) >= 11 is 0. The van der Waals surface area contributed by atoms with E-state index >= 15 is 0 Å². The number of hydrogen-bond donors (Lipinski definition) is 2. The Morgan fingerprint density at radius 1 is 1.47 bits per heavy atom. The Hall–Kier alpha value is -1.62. The minimum atomic E-state index is -0.0462. The molecular weight excluding hydrogens is 194 g/mol. The van der Waals surface area contributed by atoms with Gasteiger partial charge in [0.2, 0.25) is 5.88 Å². The largest absolute Gasteiger partial charge is 0.474 e. The SMILES string of the molecule is OCc1cnc(OC2CC2)c2cn[nH]c12. The molecule has 5 heteroatoms. The molecule has 3 rings (SSSR count). The maximum Gasteiger partial charge on any atom is 0.224 e. The fourth-order valence-electron chi connectivity index (χ4n) is 1.52. The molecule has 0 aromatic carbocycles. The van der Waals surface area contributed by atoms with Gasteiger partial charge in [-0.3, -0.25) is 5.10 Å². The van der Waals surface area contributed by atoms with Gasteiger partial charge >= 0.3 is 0 Å². The molecule has 0 saturated heterocycles. The lowest BCUT2D eigenvalue weighted by molar-refractivity contribution is 0.280. The van der Waals surface area contributed by atoms with Gasteiger partial charge in [-0.15, -0.1) is 0 Å². The molecule has 2 N–H and O–H groups in total. The molecular formula is C10H11N3O2. The molecule has 0 unspecified atom stereocenters. The van der Waals surface area contributed by atoms with Crippen LogP contribution in [0.2, 0.25) is 0 Å². The topological polar surface area (TPSA) is 71.0 Å². The second-order valence-electron chi connectivity index (χ2n) is 3.72. The van der Waals surface area contributed by atoms with Crippen molar-refractivity contribution in [1.29, 1.82) is 0 Å². The molecule has 78 valence electrons. The monoisotopic (exact) mass is 205 g/mol. The third-order valence-electron chi connectivity index (χ3n) is 2.50. The highest BCUT2D eigenvalue weighted by molar-refractivity contribution is 5.85. The highest BCUT2D eigenvalue weighted by Crippen LogP contribution is 2.30. The van der Waals surface area contributed by atoms with Crippen molar-refractivity contribution in [2.75, 3.05) is 0 Å². The summed E-state index contributed by atoms with van der Waals surface area (Å²) in [7, 11) is 0. The van der Waals surface area contributed by atoms with E-state index in [0.29, 0.717) is 12.0 Å². The average Bonchev–Trinajstić information content (AvgIpc) is 2.93. The van der Waals surface area contributed by atoms with E-state index in [1.165, 1.54) is 0 Å². The summed E-state index contributed by atoms with van der Waals surface area (Å²) in [5.74, 6) is 0.610. The van der Waals surface area contributed by atoms with Crippen LogP contribution in [0.3, 0.4) is 0 Å². The van der Waals surface area contributed by atoms with E-state index in [9.17, 15) is 0 Å². The summed E-state index contributed by atoms with van der Waals surface area (Å²) in [5.41, 5.74) is 1.55. The van der Waals surface area contributed by atoms with E-state index in [2.05, 4.69) is 15.2 Å². The zero-order valence-electron chi connectivity index (χ0n) is 8.10. The number of pyridine rings is 1. The van der Waals surface area contributed by atoms with E-state index < -0.39 is 0 Å². The molecule has 1 aliphatic carbocycles. The third kappa shape index (κ3) is 1.45. The predicted molar refractivity (Wildman–Crippen MR) is 53.5 cm³/mol.